The second kappa shape index (κ2) is 3.77. The third-order valence-corrected chi connectivity index (χ3v) is 3.26. The van der Waals surface area contributed by atoms with Crippen LogP contribution in [0.1, 0.15) is 25.7 Å². The Labute approximate surface area is 84.6 Å². The fraction of sp³-hybridized carbons (Fsp3) is 1.00. The maximum atomic E-state index is 10.1. The van der Waals surface area contributed by atoms with Crippen LogP contribution in [0.4, 0.5) is 0 Å². The number of likely N-dealkylation sites (N-methyl/N-ethyl adjacent to an activating group) is 1. The molecule has 0 aromatic heterocycles. The average molecular weight is 201 g/mol. The van der Waals surface area contributed by atoms with Crippen molar-refractivity contribution in [1.82, 2.24) is 5.32 Å². The molecule has 0 unspecified atom stereocenters. The van der Waals surface area contributed by atoms with E-state index in [9.17, 15) is 5.11 Å². The first-order valence-corrected chi connectivity index (χ1v) is 5.33. The predicted octanol–water partition coefficient (Wildman–Crippen LogP) is 0.254. The monoisotopic (exact) mass is 201 g/mol. The summed E-state index contributed by atoms with van der Waals surface area (Å²) in [5.41, 5.74) is -0.560. The van der Waals surface area contributed by atoms with Crippen LogP contribution in [0.3, 0.4) is 0 Å². The van der Waals surface area contributed by atoms with Gasteiger partial charge in [0.25, 0.3) is 0 Å². The molecule has 1 aliphatic heterocycles. The molecular formula is C10H19NO3. The Bertz CT molecular complexity index is 192. The van der Waals surface area contributed by atoms with Crippen LogP contribution in [0.25, 0.3) is 0 Å². The zero-order valence-corrected chi connectivity index (χ0v) is 8.71. The molecule has 0 amide bonds. The first kappa shape index (κ1) is 10.4. The van der Waals surface area contributed by atoms with Gasteiger partial charge in [0.15, 0.2) is 5.79 Å². The molecule has 0 aromatic carbocycles. The van der Waals surface area contributed by atoms with Crippen molar-refractivity contribution in [3.8, 4) is 0 Å². The van der Waals surface area contributed by atoms with Crippen molar-refractivity contribution in [1.29, 1.82) is 0 Å². The molecule has 1 heterocycles. The summed E-state index contributed by atoms with van der Waals surface area (Å²) < 4.78 is 11.2. The van der Waals surface area contributed by atoms with Crippen LogP contribution >= 0.6 is 0 Å². The largest absolute Gasteiger partial charge is 0.389 e. The number of nitrogens with one attached hydrogen (secondary N) is 1. The van der Waals surface area contributed by atoms with Gasteiger partial charge in [0.05, 0.1) is 18.8 Å². The van der Waals surface area contributed by atoms with Gasteiger partial charge in [-0.1, -0.05) is 0 Å². The third kappa shape index (κ3) is 1.93. The lowest BCUT2D eigenvalue weighted by Gasteiger charge is -2.40. The first-order valence-electron chi connectivity index (χ1n) is 5.33. The van der Waals surface area contributed by atoms with Gasteiger partial charge in [-0.15, -0.1) is 0 Å². The Morgan fingerprint density at radius 2 is 1.71 bits per heavy atom. The highest BCUT2D eigenvalue weighted by molar-refractivity contribution is 4.92. The van der Waals surface area contributed by atoms with Gasteiger partial charge >= 0.3 is 0 Å². The van der Waals surface area contributed by atoms with Crippen molar-refractivity contribution < 1.29 is 14.6 Å². The molecule has 4 heteroatoms. The number of hydrogen-bond acceptors (Lipinski definition) is 4. The van der Waals surface area contributed by atoms with Crippen LogP contribution in [0.2, 0.25) is 0 Å². The minimum atomic E-state index is -0.560. The van der Waals surface area contributed by atoms with Gasteiger partial charge in [0.1, 0.15) is 0 Å². The van der Waals surface area contributed by atoms with E-state index in [4.69, 9.17) is 9.47 Å². The second-order valence-electron chi connectivity index (χ2n) is 4.36. The molecule has 0 atom stereocenters. The molecule has 0 aromatic rings. The van der Waals surface area contributed by atoms with E-state index in [-0.39, 0.29) is 5.79 Å². The van der Waals surface area contributed by atoms with Crippen LogP contribution in [0.15, 0.2) is 0 Å². The Morgan fingerprint density at radius 3 is 2.21 bits per heavy atom. The van der Waals surface area contributed by atoms with Crippen LogP contribution < -0.4 is 5.32 Å². The summed E-state index contributed by atoms with van der Waals surface area (Å²) in [6.45, 7) is 2.05. The number of aliphatic hydroxyl groups is 1. The fourth-order valence-electron chi connectivity index (χ4n) is 2.39. The molecule has 1 spiro atoms. The van der Waals surface area contributed by atoms with Crippen molar-refractivity contribution in [2.75, 3.05) is 26.8 Å². The SMILES string of the molecule is CNCC1(O)CCC2(CC1)OCCO2. The van der Waals surface area contributed by atoms with Crippen LogP contribution in [-0.4, -0.2) is 43.3 Å². The number of rotatable bonds is 2. The first-order chi connectivity index (χ1) is 6.68. The highest BCUT2D eigenvalue weighted by Crippen LogP contribution is 2.39. The molecule has 4 nitrogen and oxygen atoms in total. The van der Waals surface area contributed by atoms with E-state index < -0.39 is 5.60 Å². The van der Waals surface area contributed by atoms with Gasteiger partial charge in [0, 0.05) is 19.4 Å². The smallest absolute Gasteiger partial charge is 0.168 e. The summed E-state index contributed by atoms with van der Waals surface area (Å²) in [7, 11) is 1.87. The zero-order chi connectivity index (χ0) is 10.1. The number of hydrogen-bond donors (Lipinski definition) is 2. The van der Waals surface area contributed by atoms with Gasteiger partial charge in [-0.2, -0.15) is 0 Å². The highest BCUT2D eigenvalue weighted by Gasteiger charge is 2.45. The quantitative estimate of drug-likeness (QED) is 0.672. The molecule has 0 bridgehead atoms. The van der Waals surface area contributed by atoms with E-state index >= 15 is 0 Å². The van der Waals surface area contributed by atoms with E-state index in [2.05, 4.69) is 5.32 Å². The Kier molecular flexibility index (Phi) is 2.79. The van der Waals surface area contributed by atoms with Crippen molar-refractivity contribution in [3.05, 3.63) is 0 Å². The van der Waals surface area contributed by atoms with Crippen LogP contribution in [-0.2, 0) is 9.47 Å². The van der Waals surface area contributed by atoms with E-state index in [0.29, 0.717) is 19.8 Å². The highest BCUT2D eigenvalue weighted by atomic mass is 16.7. The molecule has 2 fully saturated rings. The molecule has 82 valence electrons. The summed E-state index contributed by atoms with van der Waals surface area (Å²) >= 11 is 0. The van der Waals surface area contributed by atoms with Gasteiger partial charge in [-0.25, -0.2) is 0 Å². The summed E-state index contributed by atoms with van der Waals surface area (Å²) in [4.78, 5) is 0. The molecule has 2 rings (SSSR count). The molecule has 1 saturated carbocycles. The van der Waals surface area contributed by atoms with Crippen molar-refractivity contribution in [2.24, 2.45) is 0 Å². The van der Waals surface area contributed by atoms with E-state index in [1.807, 2.05) is 7.05 Å². The van der Waals surface area contributed by atoms with Crippen molar-refractivity contribution in [2.45, 2.75) is 37.1 Å². The maximum Gasteiger partial charge on any atom is 0.168 e. The van der Waals surface area contributed by atoms with E-state index in [0.717, 1.165) is 25.7 Å². The lowest BCUT2D eigenvalue weighted by Crippen LogP contribution is -2.48. The molecule has 2 aliphatic rings. The van der Waals surface area contributed by atoms with Gasteiger partial charge in [-0.3, -0.25) is 0 Å². The number of ether oxygens (including phenoxy) is 2. The lowest BCUT2D eigenvalue weighted by molar-refractivity contribution is -0.201. The fourth-order valence-corrected chi connectivity index (χ4v) is 2.39. The average Bonchev–Trinajstić information content (AvgIpc) is 2.61. The molecule has 14 heavy (non-hydrogen) atoms. The summed E-state index contributed by atoms with van der Waals surface area (Å²) in [6, 6.07) is 0. The van der Waals surface area contributed by atoms with Crippen molar-refractivity contribution in [3.63, 3.8) is 0 Å². The predicted molar refractivity (Wildman–Crippen MR) is 52.0 cm³/mol. The molecule has 1 aliphatic carbocycles. The van der Waals surface area contributed by atoms with Crippen molar-refractivity contribution >= 4 is 0 Å². The maximum absolute atomic E-state index is 10.1. The molecule has 1 saturated heterocycles. The lowest BCUT2D eigenvalue weighted by atomic mass is 9.81. The van der Waals surface area contributed by atoms with Gasteiger partial charge in [0.2, 0.25) is 0 Å². The summed E-state index contributed by atoms with van der Waals surface area (Å²) in [5, 5.41) is 13.2. The summed E-state index contributed by atoms with van der Waals surface area (Å²) in [6.07, 6.45) is 3.14. The summed E-state index contributed by atoms with van der Waals surface area (Å²) in [5.74, 6) is -0.361. The molecule has 2 N–H and O–H groups in total. The molecular weight excluding hydrogens is 182 g/mol. The van der Waals surface area contributed by atoms with E-state index in [1.165, 1.54) is 0 Å². The minimum Gasteiger partial charge on any atom is -0.389 e. The van der Waals surface area contributed by atoms with Gasteiger partial charge < -0.3 is 19.9 Å². The topological polar surface area (TPSA) is 50.7 Å². The third-order valence-electron chi connectivity index (χ3n) is 3.26. The normalized spacial score (nSPS) is 29.6. The van der Waals surface area contributed by atoms with Gasteiger partial charge in [-0.05, 0) is 19.9 Å². The second-order valence-corrected chi connectivity index (χ2v) is 4.36. The Balaban J connectivity index is 1.90. The Morgan fingerprint density at radius 1 is 1.14 bits per heavy atom. The standard InChI is InChI=1S/C10H19NO3/c1-11-8-9(12)2-4-10(5-3-9)13-6-7-14-10/h11-12H,2-8H2,1H3. The van der Waals surface area contributed by atoms with Crippen LogP contribution in [0.5, 0.6) is 0 Å². The van der Waals surface area contributed by atoms with E-state index in [1.54, 1.807) is 0 Å². The Hall–Kier alpha value is -0.160. The molecule has 0 radical (unpaired) electrons. The minimum absolute atomic E-state index is 0.361. The van der Waals surface area contributed by atoms with Crippen LogP contribution in [0, 0.1) is 0 Å². The zero-order valence-electron chi connectivity index (χ0n) is 8.71.